The average molecular weight is 209 g/mol. The summed E-state index contributed by atoms with van der Waals surface area (Å²) in [4.78, 5) is 2.05. The van der Waals surface area contributed by atoms with Crippen molar-refractivity contribution < 1.29 is 9.50 Å². The average Bonchev–Trinajstić information content (AvgIpc) is 2.44. The van der Waals surface area contributed by atoms with Gasteiger partial charge in [0.1, 0.15) is 5.82 Å². The van der Waals surface area contributed by atoms with Crippen molar-refractivity contribution in [2.45, 2.75) is 12.5 Å². The number of fused-ring (bicyclic) bond motifs is 1. The lowest BCUT2D eigenvalue weighted by molar-refractivity contribution is 0.105. The summed E-state index contributed by atoms with van der Waals surface area (Å²) in [5.74, 6) is -0.0740. The van der Waals surface area contributed by atoms with Gasteiger partial charge in [-0.3, -0.25) is 0 Å². The van der Waals surface area contributed by atoms with E-state index in [2.05, 4.69) is 4.90 Å². The highest BCUT2D eigenvalue weighted by molar-refractivity contribution is 5.35. The van der Waals surface area contributed by atoms with Crippen molar-refractivity contribution >= 4 is 0 Å². The zero-order chi connectivity index (χ0) is 11.0. The molecule has 2 rings (SSSR count). The molecule has 0 saturated carbocycles. The van der Waals surface area contributed by atoms with E-state index in [1.54, 1.807) is 6.07 Å². The number of aliphatic hydroxyl groups excluding tert-OH is 1. The SMILES string of the molecule is CN(C)C[C@H]1Cc2ccc(F)cc2[C@@H]1O. The van der Waals surface area contributed by atoms with Crippen LogP contribution in [0.3, 0.4) is 0 Å². The maximum absolute atomic E-state index is 13.0. The van der Waals surface area contributed by atoms with Crippen molar-refractivity contribution in [1.82, 2.24) is 4.90 Å². The molecule has 2 nitrogen and oxygen atoms in total. The van der Waals surface area contributed by atoms with E-state index >= 15 is 0 Å². The molecule has 0 unspecified atom stereocenters. The van der Waals surface area contributed by atoms with Crippen molar-refractivity contribution in [1.29, 1.82) is 0 Å². The maximum atomic E-state index is 13.0. The molecule has 0 radical (unpaired) electrons. The zero-order valence-corrected chi connectivity index (χ0v) is 9.07. The molecule has 15 heavy (non-hydrogen) atoms. The van der Waals surface area contributed by atoms with Crippen LogP contribution in [-0.2, 0) is 6.42 Å². The van der Waals surface area contributed by atoms with Crippen LogP contribution in [0.4, 0.5) is 4.39 Å². The second-order valence-corrected chi connectivity index (χ2v) is 4.51. The number of benzene rings is 1. The summed E-state index contributed by atoms with van der Waals surface area (Å²) in [6.07, 6.45) is 0.327. The van der Waals surface area contributed by atoms with Crippen LogP contribution in [0.25, 0.3) is 0 Å². The third kappa shape index (κ3) is 2.03. The first-order chi connectivity index (χ1) is 7.08. The van der Waals surface area contributed by atoms with Gasteiger partial charge in [0, 0.05) is 12.5 Å². The smallest absolute Gasteiger partial charge is 0.123 e. The molecule has 0 saturated heterocycles. The maximum Gasteiger partial charge on any atom is 0.123 e. The zero-order valence-electron chi connectivity index (χ0n) is 9.07. The molecule has 0 amide bonds. The quantitative estimate of drug-likeness (QED) is 0.799. The molecule has 0 fully saturated rings. The largest absolute Gasteiger partial charge is 0.388 e. The van der Waals surface area contributed by atoms with E-state index in [9.17, 15) is 9.50 Å². The summed E-state index contributed by atoms with van der Waals surface area (Å²) in [7, 11) is 3.96. The number of rotatable bonds is 2. The minimum Gasteiger partial charge on any atom is -0.388 e. The van der Waals surface area contributed by atoms with Gasteiger partial charge in [0.05, 0.1) is 6.10 Å². The van der Waals surface area contributed by atoms with Crippen LogP contribution in [0.15, 0.2) is 18.2 Å². The fraction of sp³-hybridized carbons (Fsp3) is 0.500. The fourth-order valence-electron chi connectivity index (χ4n) is 2.31. The molecule has 0 aromatic heterocycles. The van der Waals surface area contributed by atoms with E-state index in [0.717, 1.165) is 24.1 Å². The van der Waals surface area contributed by atoms with Gasteiger partial charge in [0.15, 0.2) is 0 Å². The van der Waals surface area contributed by atoms with Crippen LogP contribution < -0.4 is 0 Å². The fourth-order valence-corrected chi connectivity index (χ4v) is 2.31. The molecular weight excluding hydrogens is 193 g/mol. The number of hydrogen-bond acceptors (Lipinski definition) is 2. The van der Waals surface area contributed by atoms with Crippen molar-refractivity contribution in [2.24, 2.45) is 5.92 Å². The number of halogens is 1. The summed E-state index contributed by atoms with van der Waals surface area (Å²) in [5, 5.41) is 10.0. The van der Waals surface area contributed by atoms with Crippen LogP contribution in [0, 0.1) is 11.7 Å². The summed E-state index contributed by atoms with van der Waals surface area (Å²) in [6.45, 7) is 0.831. The third-order valence-electron chi connectivity index (χ3n) is 2.95. The van der Waals surface area contributed by atoms with Crippen molar-refractivity contribution in [2.75, 3.05) is 20.6 Å². The van der Waals surface area contributed by atoms with E-state index in [-0.39, 0.29) is 11.7 Å². The number of hydrogen-bond donors (Lipinski definition) is 1. The van der Waals surface area contributed by atoms with Crippen molar-refractivity contribution in [3.63, 3.8) is 0 Å². The Labute approximate surface area is 89.3 Å². The Morgan fingerprint density at radius 2 is 2.20 bits per heavy atom. The minimum atomic E-state index is -0.516. The number of aliphatic hydroxyl groups is 1. The Morgan fingerprint density at radius 3 is 2.87 bits per heavy atom. The van der Waals surface area contributed by atoms with Crippen LogP contribution in [-0.4, -0.2) is 30.6 Å². The van der Waals surface area contributed by atoms with Crippen molar-refractivity contribution in [3.8, 4) is 0 Å². The molecule has 0 bridgehead atoms. The molecule has 82 valence electrons. The summed E-state index contributed by atoms with van der Waals surface area (Å²) >= 11 is 0. The van der Waals surface area contributed by atoms with Crippen LogP contribution in [0.1, 0.15) is 17.2 Å². The minimum absolute atomic E-state index is 0.191. The van der Waals surface area contributed by atoms with Crippen LogP contribution in [0.5, 0.6) is 0 Å². The lowest BCUT2D eigenvalue weighted by Gasteiger charge is -2.19. The van der Waals surface area contributed by atoms with E-state index < -0.39 is 6.10 Å². The van der Waals surface area contributed by atoms with Gasteiger partial charge in [-0.25, -0.2) is 4.39 Å². The molecule has 1 N–H and O–H groups in total. The van der Waals surface area contributed by atoms with E-state index in [1.165, 1.54) is 12.1 Å². The highest BCUT2D eigenvalue weighted by Gasteiger charge is 2.31. The summed E-state index contributed by atoms with van der Waals surface area (Å²) in [6, 6.07) is 4.70. The van der Waals surface area contributed by atoms with Crippen LogP contribution >= 0.6 is 0 Å². The molecular formula is C12H16FNO. The molecule has 1 aliphatic rings. The first-order valence-electron chi connectivity index (χ1n) is 5.19. The second kappa shape index (κ2) is 3.91. The third-order valence-corrected chi connectivity index (χ3v) is 2.95. The summed E-state index contributed by atoms with van der Waals surface area (Å²) in [5.41, 5.74) is 1.85. The molecule has 0 heterocycles. The van der Waals surface area contributed by atoms with Gasteiger partial charge in [0.2, 0.25) is 0 Å². The van der Waals surface area contributed by atoms with Crippen LogP contribution in [0.2, 0.25) is 0 Å². The first-order valence-corrected chi connectivity index (χ1v) is 5.19. The van der Waals surface area contributed by atoms with Gasteiger partial charge in [-0.2, -0.15) is 0 Å². The summed E-state index contributed by atoms with van der Waals surface area (Å²) < 4.78 is 13.0. The standard InChI is InChI=1S/C12H16FNO/c1-14(2)7-9-5-8-3-4-10(13)6-11(8)12(9)15/h3-4,6,9,12,15H,5,7H2,1-2H3/t9-,12-/m1/s1. The van der Waals surface area contributed by atoms with Gasteiger partial charge in [0.25, 0.3) is 0 Å². The molecule has 0 aliphatic heterocycles. The molecule has 3 heteroatoms. The van der Waals surface area contributed by atoms with Crippen molar-refractivity contribution in [3.05, 3.63) is 35.1 Å². The topological polar surface area (TPSA) is 23.5 Å². The molecule has 0 spiro atoms. The lowest BCUT2D eigenvalue weighted by Crippen LogP contribution is -2.24. The Bertz CT molecular complexity index is 365. The molecule has 1 aromatic rings. The Balaban J connectivity index is 2.22. The monoisotopic (exact) mass is 209 g/mol. The Morgan fingerprint density at radius 1 is 1.47 bits per heavy atom. The van der Waals surface area contributed by atoms with Gasteiger partial charge in [-0.15, -0.1) is 0 Å². The van der Waals surface area contributed by atoms with Gasteiger partial charge in [-0.05, 0) is 43.8 Å². The Kier molecular flexibility index (Phi) is 2.76. The predicted molar refractivity (Wildman–Crippen MR) is 57.1 cm³/mol. The second-order valence-electron chi connectivity index (χ2n) is 4.51. The number of nitrogens with zero attached hydrogens (tertiary/aromatic N) is 1. The van der Waals surface area contributed by atoms with Gasteiger partial charge >= 0.3 is 0 Å². The highest BCUT2D eigenvalue weighted by Crippen LogP contribution is 2.36. The van der Waals surface area contributed by atoms with Gasteiger partial charge < -0.3 is 10.0 Å². The van der Waals surface area contributed by atoms with E-state index in [4.69, 9.17) is 0 Å². The first kappa shape index (κ1) is 10.6. The highest BCUT2D eigenvalue weighted by atomic mass is 19.1. The van der Waals surface area contributed by atoms with Gasteiger partial charge in [-0.1, -0.05) is 6.07 Å². The van der Waals surface area contributed by atoms with E-state index in [0.29, 0.717) is 0 Å². The molecule has 2 atom stereocenters. The molecule has 1 aliphatic carbocycles. The molecule has 1 aromatic carbocycles. The van der Waals surface area contributed by atoms with E-state index in [1.807, 2.05) is 14.1 Å². The lowest BCUT2D eigenvalue weighted by atomic mass is 10.0. The Hall–Kier alpha value is -0.930. The predicted octanol–water partition coefficient (Wildman–Crippen LogP) is 1.59. The normalized spacial score (nSPS) is 24.6.